The van der Waals surface area contributed by atoms with Crippen LogP contribution < -0.4 is 10.6 Å². The molecule has 0 aliphatic rings. The van der Waals surface area contributed by atoms with E-state index in [0.717, 1.165) is 5.56 Å². The Hall–Kier alpha value is -2.08. The molecule has 5 nitrogen and oxygen atoms in total. The van der Waals surface area contributed by atoms with Crippen LogP contribution >= 0.6 is 34.8 Å². The fourth-order valence-corrected chi connectivity index (χ4v) is 2.42. The minimum absolute atomic E-state index is 0.396. The maximum absolute atomic E-state index is 6.13. The maximum atomic E-state index is 6.13. The van der Waals surface area contributed by atoms with Crippen LogP contribution in [0.1, 0.15) is 5.56 Å². The molecule has 0 saturated carbocycles. The normalized spacial score (nSPS) is 10.5. The first kappa shape index (κ1) is 16.8. The van der Waals surface area contributed by atoms with Crippen LogP contribution in [0.5, 0.6) is 0 Å². The van der Waals surface area contributed by atoms with Gasteiger partial charge >= 0.3 is 0 Å². The van der Waals surface area contributed by atoms with E-state index in [4.69, 9.17) is 34.8 Å². The van der Waals surface area contributed by atoms with Gasteiger partial charge in [0.1, 0.15) is 0 Å². The van der Waals surface area contributed by atoms with E-state index in [-0.39, 0.29) is 0 Å². The lowest BCUT2D eigenvalue weighted by Crippen LogP contribution is -2.06. The zero-order valence-electron chi connectivity index (χ0n) is 12.3. The molecule has 1 heterocycles. The van der Waals surface area contributed by atoms with E-state index < -0.39 is 0 Å². The van der Waals surface area contributed by atoms with Crippen molar-refractivity contribution in [3.63, 3.8) is 0 Å². The van der Waals surface area contributed by atoms with Gasteiger partial charge in [-0.3, -0.25) is 0 Å². The predicted octanol–water partition coefficient (Wildman–Crippen LogP) is 5.19. The second-order valence-electron chi connectivity index (χ2n) is 4.89. The van der Waals surface area contributed by atoms with Gasteiger partial charge in [-0.05, 0) is 35.9 Å². The first-order valence-corrected chi connectivity index (χ1v) is 8.14. The Labute approximate surface area is 154 Å². The molecule has 0 fully saturated rings. The summed E-state index contributed by atoms with van der Waals surface area (Å²) in [6, 6.07) is 12.7. The summed E-state index contributed by atoms with van der Waals surface area (Å²) in [5.41, 5.74) is 1.70. The monoisotopic (exact) mass is 379 g/mol. The SMILES string of the molecule is Clc1ccc(CNc2nncc(Nc3cc(Cl)ccc3Cl)n2)cc1. The Balaban J connectivity index is 1.69. The smallest absolute Gasteiger partial charge is 0.244 e. The van der Waals surface area contributed by atoms with Crippen LogP contribution in [0.3, 0.4) is 0 Å². The van der Waals surface area contributed by atoms with Gasteiger partial charge in [-0.25, -0.2) is 0 Å². The van der Waals surface area contributed by atoms with Crippen LogP contribution in [-0.4, -0.2) is 15.2 Å². The number of hydrogen-bond donors (Lipinski definition) is 2. The molecule has 0 amide bonds. The highest BCUT2D eigenvalue weighted by Crippen LogP contribution is 2.27. The average Bonchev–Trinajstić information content (AvgIpc) is 2.58. The molecule has 0 saturated heterocycles. The van der Waals surface area contributed by atoms with Crippen molar-refractivity contribution in [2.75, 3.05) is 10.6 Å². The summed E-state index contributed by atoms with van der Waals surface area (Å²) in [7, 11) is 0. The number of rotatable bonds is 5. The third-order valence-corrected chi connectivity index (χ3v) is 3.93. The van der Waals surface area contributed by atoms with Crippen molar-refractivity contribution in [1.82, 2.24) is 15.2 Å². The predicted molar refractivity (Wildman–Crippen MR) is 98.4 cm³/mol. The number of nitrogens with zero attached hydrogens (tertiary/aromatic N) is 3. The Morgan fingerprint density at radius 1 is 0.917 bits per heavy atom. The van der Waals surface area contributed by atoms with Gasteiger partial charge in [0.2, 0.25) is 5.95 Å². The van der Waals surface area contributed by atoms with Crippen LogP contribution in [-0.2, 0) is 6.54 Å². The minimum atomic E-state index is 0.396. The van der Waals surface area contributed by atoms with Crippen molar-refractivity contribution in [1.29, 1.82) is 0 Å². The number of halogens is 3. The zero-order valence-corrected chi connectivity index (χ0v) is 14.6. The Bertz CT molecular complexity index is 839. The molecule has 0 unspecified atom stereocenters. The molecule has 122 valence electrons. The highest BCUT2D eigenvalue weighted by atomic mass is 35.5. The molecule has 3 rings (SSSR count). The van der Waals surface area contributed by atoms with Gasteiger partial charge in [-0.15, -0.1) is 5.10 Å². The quantitative estimate of drug-likeness (QED) is 0.638. The lowest BCUT2D eigenvalue weighted by molar-refractivity contribution is 0.949. The average molecular weight is 381 g/mol. The zero-order chi connectivity index (χ0) is 16.9. The molecule has 0 radical (unpaired) electrons. The van der Waals surface area contributed by atoms with Crippen molar-refractivity contribution in [3.8, 4) is 0 Å². The summed E-state index contributed by atoms with van der Waals surface area (Å²) in [5, 5.41) is 15.9. The molecule has 24 heavy (non-hydrogen) atoms. The second-order valence-corrected chi connectivity index (χ2v) is 6.17. The molecule has 8 heteroatoms. The van der Waals surface area contributed by atoms with Gasteiger partial charge in [0.05, 0.1) is 16.9 Å². The number of benzene rings is 2. The lowest BCUT2D eigenvalue weighted by atomic mass is 10.2. The lowest BCUT2D eigenvalue weighted by Gasteiger charge is -2.09. The third-order valence-electron chi connectivity index (χ3n) is 3.11. The topological polar surface area (TPSA) is 62.7 Å². The molecule has 0 aliphatic carbocycles. The summed E-state index contributed by atoms with van der Waals surface area (Å²) in [5.74, 6) is 0.904. The number of nitrogens with one attached hydrogen (secondary N) is 2. The standard InChI is InChI=1S/C16H12Cl3N5/c17-11-3-1-10(2-4-11)8-20-16-23-15(9-21-24-16)22-14-7-12(18)5-6-13(14)19/h1-7,9H,8H2,(H2,20,22,23,24). The molecular weight excluding hydrogens is 369 g/mol. The van der Waals surface area contributed by atoms with Crippen molar-refractivity contribution in [3.05, 3.63) is 69.3 Å². The highest BCUT2D eigenvalue weighted by molar-refractivity contribution is 6.35. The largest absolute Gasteiger partial charge is 0.349 e. The number of aromatic nitrogens is 3. The molecule has 3 aromatic rings. The fourth-order valence-electron chi connectivity index (χ4n) is 1.95. The Kier molecular flexibility index (Phi) is 5.35. The summed E-state index contributed by atoms with van der Waals surface area (Å²) in [4.78, 5) is 4.35. The molecule has 0 aliphatic heterocycles. The van der Waals surface area contributed by atoms with Crippen molar-refractivity contribution in [2.24, 2.45) is 0 Å². The third kappa shape index (κ3) is 4.47. The summed E-state index contributed by atoms with van der Waals surface area (Å²) in [6.45, 7) is 0.556. The van der Waals surface area contributed by atoms with Crippen LogP contribution in [0, 0.1) is 0 Å². The molecule has 0 spiro atoms. The first-order chi connectivity index (χ1) is 11.6. The van der Waals surface area contributed by atoms with Crippen molar-refractivity contribution < 1.29 is 0 Å². The van der Waals surface area contributed by atoms with Crippen LogP contribution in [0.2, 0.25) is 15.1 Å². The second kappa shape index (κ2) is 7.66. The fraction of sp³-hybridized carbons (Fsp3) is 0.0625. The molecule has 0 atom stereocenters. The highest BCUT2D eigenvalue weighted by Gasteiger charge is 2.05. The molecule has 2 N–H and O–H groups in total. The van der Waals surface area contributed by atoms with E-state index >= 15 is 0 Å². The Morgan fingerprint density at radius 2 is 1.67 bits per heavy atom. The first-order valence-electron chi connectivity index (χ1n) is 7.00. The van der Waals surface area contributed by atoms with Gasteiger partial charge in [-0.1, -0.05) is 46.9 Å². The van der Waals surface area contributed by atoms with Gasteiger partial charge in [0.25, 0.3) is 0 Å². The van der Waals surface area contributed by atoms with E-state index in [1.165, 1.54) is 6.20 Å². The van der Waals surface area contributed by atoms with Gasteiger partial charge in [-0.2, -0.15) is 10.1 Å². The summed E-state index contributed by atoms with van der Waals surface area (Å²) >= 11 is 18.0. The Morgan fingerprint density at radius 3 is 2.46 bits per heavy atom. The van der Waals surface area contributed by atoms with Gasteiger partial charge in [0, 0.05) is 16.6 Å². The van der Waals surface area contributed by atoms with E-state index in [1.807, 2.05) is 24.3 Å². The van der Waals surface area contributed by atoms with E-state index in [1.54, 1.807) is 18.2 Å². The van der Waals surface area contributed by atoms with E-state index in [2.05, 4.69) is 25.8 Å². The maximum Gasteiger partial charge on any atom is 0.244 e. The van der Waals surface area contributed by atoms with Crippen LogP contribution in [0.25, 0.3) is 0 Å². The van der Waals surface area contributed by atoms with E-state index in [0.29, 0.717) is 39.1 Å². The summed E-state index contributed by atoms with van der Waals surface area (Å²) < 4.78 is 0. The van der Waals surface area contributed by atoms with Crippen LogP contribution in [0.15, 0.2) is 48.7 Å². The number of hydrogen-bond acceptors (Lipinski definition) is 5. The van der Waals surface area contributed by atoms with Gasteiger partial charge < -0.3 is 10.6 Å². The van der Waals surface area contributed by atoms with Crippen LogP contribution in [0.4, 0.5) is 17.5 Å². The molecule has 2 aromatic carbocycles. The summed E-state index contributed by atoms with van der Waals surface area (Å²) in [6.07, 6.45) is 1.50. The number of anilines is 3. The van der Waals surface area contributed by atoms with Gasteiger partial charge in [0.15, 0.2) is 5.82 Å². The molecular formula is C16H12Cl3N5. The van der Waals surface area contributed by atoms with E-state index in [9.17, 15) is 0 Å². The van der Waals surface area contributed by atoms with Crippen molar-refractivity contribution >= 4 is 52.3 Å². The minimum Gasteiger partial charge on any atom is -0.349 e. The van der Waals surface area contributed by atoms with Crippen molar-refractivity contribution in [2.45, 2.75) is 6.54 Å². The molecule has 0 bridgehead atoms. The molecule has 1 aromatic heterocycles.